The van der Waals surface area contributed by atoms with E-state index in [1.54, 1.807) is 14.2 Å². The van der Waals surface area contributed by atoms with Gasteiger partial charge in [0.25, 0.3) is 0 Å². The third-order valence-electron chi connectivity index (χ3n) is 3.67. The summed E-state index contributed by atoms with van der Waals surface area (Å²) in [5.41, 5.74) is 5.39. The van der Waals surface area contributed by atoms with Gasteiger partial charge in [-0.1, -0.05) is 0 Å². The highest BCUT2D eigenvalue weighted by molar-refractivity contribution is 5.79. The fourth-order valence-corrected chi connectivity index (χ4v) is 2.49. The summed E-state index contributed by atoms with van der Waals surface area (Å²) in [5, 5.41) is 6.44. The van der Waals surface area contributed by atoms with E-state index in [1.165, 1.54) is 0 Å². The molecule has 0 aromatic rings. The van der Waals surface area contributed by atoms with Crippen molar-refractivity contribution in [2.75, 3.05) is 53.5 Å². The Bertz CT molecular complexity index is 335. The van der Waals surface area contributed by atoms with E-state index >= 15 is 0 Å². The van der Waals surface area contributed by atoms with Gasteiger partial charge in [0.1, 0.15) is 0 Å². The SMILES string of the molecule is CN=C(NCCCN1CCCC(C(N)=O)C1)NCCOC. The number of primary amides is 1. The molecule has 0 spiro atoms. The summed E-state index contributed by atoms with van der Waals surface area (Å²) in [6.45, 7) is 5.09. The molecular weight excluding hydrogens is 270 g/mol. The summed E-state index contributed by atoms with van der Waals surface area (Å²) in [6.07, 6.45) is 3.00. The summed E-state index contributed by atoms with van der Waals surface area (Å²) in [5.74, 6) is 0.650. The minimum absolute atomic E-state index is 0.0233. The molecule has 1 rings (SSSR count). The zero-order valence-electron chi connectivity index (χ0n) is 13.2. The molecule has 1 fully saturated rings. The van der Waals surface area contributed by atoms with Crippen molar-refractivity contribution < 1.29 is 9.53 Å². The van der Waals surface area contributed by atoms with Gasteiger partial charge in [0.05, 0.1) is 12.5 Å². The topological polar surface area (TPSA) is 92.0 Å². The largest absolute Gasteiger partial charge is 0.383 e. The van der Waals surface area contributed by atoms with E-state index in [4.69, 9.17) is 10.5 Å². The minimum Gasteiger partial charge on any atom is -0.383 e. The van der Waals surface area contributed by atoms with Crippen LogP contribution >= 0.6 is 0 Å². The fraction of sp³-hybridized carbons (Fsp3) is 0.857. The molecule has 7 heteroatoms. The van der Waals surface area contributed by atoms with Crippen molar-refractivity contribution in [3.8, 4) is 0 Å². The van der Waals surface area contributed by atoms with Crippen LogP contribution in [-0.2, 0) is 9.53 Å². The van der Waals surface area contributed by atoms with Gasteiger partial charge in [-0.2, -0.15) is 0 Å². The molecule has 1 saturated heterocycles. The number of ether oxygens (including phenoxy) is 1. The monoisotopic (exact) mass is 299 g/mol. The smallest absolute Gasteiger partial charge is 0.221 e. The molecule has 0 bridgehead atoms. The van der Waals surface area contributed by atoms with Gasteiger partial charge in [0, 0.05) is 33.8 Å². The highest BCUT2D eigenvalue weighted by atomic mass is 16.5. The Kier molecular flexibility index (Phi) is 8.77. The Labute approximate surface area is 127 Å². The van der Waals surface area contributed by atoms with E-state index in [9.17, 15) is 4.79 Å². The van der Waals surface area contributed by atoms with Crippen LogP contribution < -0.4 is 16.4 Å². The molecule has 7 nitrogen and oxygen atoms in total. The van der Waals surface area contributed by atoms with Gasteiger partial charge in [-0.05, 0) is 32.4 Å². The first kappa shape index (κ1) is 17.7. The number of methoxy groups -OCH3 is 1. The lowest BCUT2D eigenvalue weighted by molar-refractivity contribution is -0.123. The van der Waals surface area contributed by atoms with Crippen molar-refractivity contribution in [3.05, 3.63) is 0 Å². The number of carbonyl (C=O) groups is 1. The van der Waals surface area contributed by atoms with E-state index in [0.717, 1.165) is 57.9 Å². The molecule has 1 atom stereocenters. The van der Waals surface area contributed by atoms with Crippen molar-refractivity contribution in [2.45, 2.75) is 19.3 Å². The van der Waals surface area contributed by atoms with Crippen LogP contribution in [0.3, 0.4) is 0 Å². The molecule has 1 unspecified atom stereocenters. The normalized spacial score (nSPS) is 20.3. The van der Waals surface area contributed by atoms with Crippen molar-refractivity contribution in [1.29, 1.82) is 0 Å². The maximum absolute atomic E-state index is 11.2. The number of guanidine groups is 1. The molecule has 0 aromatic heterocycles. The average molecular weight is 299 g/mol. The quantitative estimate of drug-likeness (QED) is 0.316. The van der Waals surface area contributed by atoms with Gasteiger partial charge in [0.2, 0.25) is 5.91 Å². The lowest BCUT2D eigenvalue weighted by atomic mass is 9.97. The lowest BCUT2D eigenvalue weighted by Gasteiger charge is -2.31. The molecule has 0 aliphatic carbocycles. The van der Waals surface area contributed by atoms with E-state index < -0.39 is 0 Å². The zero-order chi connectivity index (χ0) is 15.5. The maximum atomic E-state index is 11.2. The van der Waals surface area contributed by atoms with Gasteiger partial charge in [0.15, 0.2) is 5.96 Å². The molecule has 122 valence electrons. The molecule has 1 aliphatic rings. The summed E-state index contributed by atoms with van der Waals surface area (Å²) in [6, 6.07) is 0. The molecule has 1 heterocycles. The highest BCUT2D eigenvalue weighted by Crippen LogP contribution is 2.15. The van der Waals surface area contributed by atoms with E-state index in [0.29, 0.717) is 6.61 Å². The predicted octanol–water partition coefficient (Wildman–Crippen LogP) is -0.615. The maximum Gasteiger partial charge on any atom is 0.221 e. The Morgan fingerprint density at radius 3 is 2.86 bits per heavy atom. The third-order valence-corrected chi connectivity index (χ3v) is 3.67. The standard InChI is InChI=1S/C14H29N5O2/c1-16-14(18-7-10-21-2)17-6-4-9-19-8-3-5-12(11-19)13(15)20/h12H,3-11H2,1-2H3,(H2,15,20)(H2,16,17,18). The van der Waals surface area contributed by atoms with Gasteiger partial charge in [-0.15, -0.1) is 0 Å². The minimum atomic E-state index is -0.166. The van der Waals surface area contributed by atoms with Crippen LogP contribution in [0.4, 0.5) is 0 Å². The van der Waals surface area contributed by atoms with Crippen LogP contribution in [0.2, 0.25) is 0 Å². The highest BCUT2D eigenvalue weighted by Gasteiger charge is 2.23. The Morgan fingerprint density at radius 1 is 1.43 bits per heavy atom. The molecule has 0 saturated carbocycles. The van der Waals surface area contributed by atoms with Crippen molar-refractivity contribution in [2.24, 2.45) is 16.6 Å². The number of rotatable bonds is 8. The second-order valence-corrected chi connectivity index (χ2v) is 5.31. The molecule has 0 radical (unpaired) electrons. The van der Waals surface area contributed by atoms with Gasteiger partial charge in [-0.25, -0.2) is 0 Å². The van der Waals surface area contributed by atoms with Crippen LogP contribution in [0, 0.1) is 5.92 Å². The zero-order valence-corrected chi connectivity index (χ0v) is 13.2. The van der Waals surface area contributed by atoms with Gasteiger partial charge < -0.3 is 26.0 Å². The summed E-state index contributed by atoms with van der Waals surface area (Å²) in [4.78, 5) is 17.7. The number of carbonyl (C=O) groups excluding carboxylic acids is 1. The number of piperidine rings is 1. The molecule has 4 N–H and O–H groups in total. The predicted molar refractivity (Wildman–Crippen MR) is 84.2 cm³/mol. The summed E-state index contributed by atoms with van der Waals surface area (Å²) >= 11 is 0. The Balaban J connectivity index is 2.13. The first-order chi connectivity index (χ1) is 10.2. The van der Waals surface area contributed by atoms with E-state index in [-0.39, 0.29) is 11.8 Å². The van der Waals surface area contributed by atoms with E-state index in [2.05, 4.69) is 20.5 Å². The van der Waals surface area contributed by atoms with Crippen LogP contribution in [-0.4, -0.2) is 70.3 Å². The molecule has 1 aliphatic heterocycles. The van der Waals surface area contributed by atoms with E-state index in [1.807, 2.05) is 0 Å². The number of nitrogens with zero attached hydrogens (tertiary/aromatic N) is 2. The van der Waals surface area contributed by atoms with Gasteiger partial charge >= 0.3 is 0 Å². The second-order valence-electron chi connectivity index (χ2n) is 5.31. The van der Waals surface area contributed by atoms with Gasteiger partial charge in [-0.3, -0.25) is 9.79 Å². The molecule has 21 heavy (non-hydrogen) atoms. The number of aliphatic imine (C=N–C) groups is 1. The third kappa shape index (κ3) is 7.29. The number of hydrogen-bond donors (Lipinski definition) is 3. The van der Waals surface area contributed by atoms with Crippen LogP contribution in [0.25, 0.3) is 0 Å². The molecular formula is C14H29N5O2. The van der Waals surface area contributed by atoms with Crippen molar-refractivity contribution >= 4 is 11.9 Å². The van der Waals surface area contributed by atoms with Crippen molar-refractivity contribution in [3.63, 3.8) is 0 Å². The Morgan fingerprint density at radius 2 is 2.19 bits per heavy atom. The fourth-order valence-electron chi connectivity index (χ4n) is 2.49. The van der Waals surface area contributed by atoms with Crippen LogP contribution in [0.5, 0.6) is 0 Å². The van der Waals surface area contributed by atoms with Crippen LogP contribution in [0.15, 0.2) is 4.99 Å². The number of nitrogens with one attached hydrogen (secondary N) is 2. The molecule has 1 amide bonds. The number of amides is 1. The second kappa shape index (κ2) is 10.4. The molecule has 0 aromatic carbocycles. The van der Waals surface area contributed by atoms with Crippen molar-refractivity contribution in [1.82, 2.24) is 15.5 Å². The lowest BCUT2D eigenvalue weighted by Crippen LogP contribution is -2.43. The first-order valence-electron chi connectivity index (χ1n) is 7.62. The average Bonchev–Trinajstić information content (AvgIpc) is 2.50. The number of nitrogens with two attached hydrogens (primary N) is 1. The Hall–Kier alpha value is -1.34. The summed E-state index contributed by atoms with van der Waals surface area (Å²) in [7, 11) is 3.43. The number of likely N-dealkylation sites (tertiary alicyclic amines) is 1. The number of hydrogen-bond acceptors (Lipinski definition) is 4. The first-order valence-corrected chi connectivity index (χ1v) is 7.62. The van der Waals surface area contributed by atoms with Crippen LogP contribution in [0.1, 0.15) is 19.3 Å². The summed E-state index contributed by atoms with van der Waals surface area (Å²) < 4.78 is 4.98.